The van der Waals surface area contributed by atoms with E-state index in [0.717, 1.165) is 41.4 Å². The Kier molecular flexibility index (Phi) is 5.47. The van der Waals surface area contributed by atoms with Crippen molar-refractivity contribution in [1.82, 2.24) is 14.2 Å². The van der Waals surface area contributed by atoms with Gasteiger partial charge in [0.05, 0.1) is 5.69 Å². The van der Waals surface area contributed by atoms with Gasteiger partial charge in [-0.05, 0) is 71.4 Å². The molecule has 2 aromatic carbocycles. The van der Waals surface area contributed by atoms with Gasteiger partial charge in [0.1, 0.15) is 10.0 Å². The Morgan fingerprint density at radius 2 is 1.85 bits per heavy atom. The summed E-state index contributed by atoms with van der Waals surface area (Å²) < 4.78 is 42.3. The third kappa shape index (κ3) is 4.09. The van der Waals surface area contributed by atoms with Crippen LogP contribution < -0.4 is 15.6 Å². The number of sulfonamides is 1. The third-order valence-electron chi connectivity index (χ3n) is 5.56. The molecule has 0 bridgehead atoms. The Morgan fingerprint density at radius 3 is 2.56 bits per heavy atom. The van der Waals surface area contributed by atoms with Crippen LogP contribution in [0.2, 0.25) is 0 Å². The van der Waals surface area contributed by atoms with E-state index in [4.69, 9.17) is 0 Å². The number of hydrogen-bond donors (Lipinski definition) is 2. The Bertz CT molecular complexity index is 1600. The first kappa shape index (κ1) is 22.3. The summed E-state index contributed by atoms with van der Waals surface area (Å²) in [6.07, 6.45) is 1.52. The summed E-state index contributed by atoms with van der Waals surface area (Å²) >= 11 is 0.964. The molecule has 11 heteroatoms. The first-order chi connectivity index (χ1) is 16.2. The van der Waals surface area contributed by atoms with Crippen LogP contribution in [0, 0.1) is 5.82 Å². The average molecular weight is 499 g/mol. The van der Waals surface area contributed by atoms with Crippen molar-refractivity contribution in [2.75, 3.05) is 12.4 Å². The maximum Gasteiger partial charge on any atom is 0.333 e. The highest BCUT2D eigenvalue weighted by atomic mass is 32.2. The molecule has 0 aliphatic carbocycles. The van der Waals surface area contributed by atoms with Crippen molar-refractivity contribution in [3.63, 3.8) is 0 Å². The van der Waals surface area contributed by atoms with Crippen molar-refractivity contribution < 1.29 is 17.6 Å². The average Bonchev–Trinajstić information content (AvgIpc) is 3.42. The van der Waals surface area contributed by atoms with Gasteiger partial charge in [-0.1, -0.05) is 6.07 Å². The van der Waals surface area contributed by atoms with E-state index in [-0.39, 0.29) is 21.1 Å². The van der Waals surface area contributed by atoms with E-state index >= 15 is 0 Å². The lowest BCUT2D eigenvalue weighted by Crippen LogP contribution is -2.34. The van der Waals surface area contributed by atoms with Crippen molar-refractivity contribution >= 4 is 43.9 Å². The smallest absolute Gasteiger partial charge is 0.307 e. The zero-order chi connectivity index (χ0) is 24.0. The molecule has 0 saturated carbocycles. The van der Waals surface area contributed by atoms with Gasteiger partial charge in [-0.15, -0.1) is 11.3 Å². The van der Waals surface area contributed by atoms with Crippen LogP contribution in [0.1, 0.15) is 11.1 Å². The zero-order valence-corrected chi connectivity index (χ0v) is 19.5. The second-order valence-corrected chi connectivity index (χ2v) is 10.9. The number of thiophene rings is 1. The van der Waals surface area contributed by atoms with Gasteiger partial charge in [0.2, 0.25) is 0 Å². The number of hydrogen-bond acceptors (Lipinski definition) is 6. The number of carbonyl (C=O) groups is 1. The van der Waals surface area contributed by atoms with Crippen molar-refractivity contribution in [2.24, 2.45) is 0 Å². The second kappa shape index (κ2) is 8.35. The molecule has 34 heavy (non-hydrogen) atoms. The molecular weight excluding hydrogens is 479 g/mol. The van der Waals surface area contributed by atoms with Crippen LogP contribution >= 0.6 is 11.3 Å². The lowest BCUT2D eigenvalue weighted by molar-refractivity contribution is 0.256. The van der Waals surface area contributed by atoms with E-state index in [2.05, 4.69) is 10.2 Å². The SMILES string of the molecule is CN1Cc2cc3ccn(-c4ccc(NC(=O)NS(=O)(=O)c5cccs5)cc4F)c(=O)c3cc2C1. The quantitative estimate of drug-likeness (QED) is 0.447. The lowest BCUT2D eigenvalue weighted by atomic mass is 10.0. The molecule has 4 aromatic rings. The maximum atomic E-state index is 14.9. The van der Waals surface area contributed by atoms with Gasteiger partial charge < -0.3 is 5.32 Å². The van der Waals surface area contributed by atoms with E-state index in [1.807, 2.05) is 23.9 Å². The van der Waals surface area contributed by atoms with Crippen LogP contribution in [0.15, 0.2) is 69.1 Å². The summed E-state index contributed by atoms with van der Waals surface area (Å²) in [4.78, 5) is 27.4. The summed E-state index contributed by atoms with van der Waals surface area (Å²) in [5.41, 5.74) is 1.95. The number of anilines is 1. The Morgan fingerprint density at radius 1 is 1.09 bits per heavy atom. The van der Waals surface area contributed by atoms with Gasteiger partial charge in [-0.3, -0.25) is 14.3 Å². The highest BCUT2D eigenvalue weighted by Gasteiger charge is 2.20. The number of urea groups is 1. The minimum Gasteiger partial charge on any atom is -0.307 e. The summed E-state index contributed by atoms with van der Waals surface area (Å²) in [6, 6.07) is 11.3. The summed E-state index contributed by atoms with van der Waals surface area (Å²) in [5.74, 6) is -0.749. The molecule has 1 aliphatic rings. The molecule has 5 rings (SSSR count). The van der Waals surface area contributed by atoms with E-state index in [0.29, 0.717) is 5.39 Å². The largest absolute Gasteiger partial charge is 0.333 e. The van der Waals surface area contributed by atoms with Crippen LogP contribution in [0.25, 0.3) is 16.5 Å². The fourth-order valence-corrected chi connectivity index (χ4v) is 5.93. The van der Waals surface area contributed by atoms with Crippen molar-refractivity contribution in [1.29, 1.82) is 0 Å². The number of halogens is 1. The summed E-state index contributed by atoms with van der Waals surface area (Å²) in [5, 5.41) is 5.16. The van der Waals surface area contributed by atoms with E-state index in [1.165, 1.54) is 34.5 Å². The van der Waals surface area contributed by atoms with Crippen LogP contribution in [0.3, 0.4) is 0 Å². The van der Waals surface area contributed by atoms with Gasteiger partial charge >= 0.3 is 6.03 Å². The number of nitrogens with one attached hydrogen (secondary N) is 2. The highest BCUT2D eigenvalue weighted by molar-refractivity contribution is 7.92. The van der Waals surface area contributed by atoms with Gasteiger partial charge in [-0.2, -0.15) is 0 Å². The van der Waals surface area contributed by atoms with Crippen molar-refractivity contribution in [3.05, 3.63) is 87.4 Å². The number of benzene rings is 2. The summed E-state index contributed by atoms with van der Waals surface area (Å²) in [7, 11) is -2.01. The van der Waals surface area contributed by atoms with Gasteiger partial charge in [0.25, 0.3) is 15.6 Å². The molecule has 3 heterocycles. The predicted octanol–water partition coefficient (Wildman–Crippen LogP) is 3.65. The molecular formula is C23H19FN4O4S2. The molecule has 0 unspecified atom stereocenters. The zero-order valence-electron chi connectivity index (χ0n) is 17.9. The molecule has 8 nitrogen and oxygen atoms in total. The van der Waals surface area contributed by atoms with Crippen LogP contribution in [-0.4, -0.2) is 31.0 Å². The van der Waals surface area contributed by atoms with E-state index in [1.54, 1.807) is 17.5 Å². The molecule has 0 atom stereocenters. The first-order valence-corrected chi connectivity index (χ1v) is 12.6. The number of nitrogens with zero attached hydrogens (tertiary/aromatic N) is 2. The van der Waals surface area contributed by atoms with E-state index in [9.17, 15) is 22.4 Å². The minimum absolute atomic E-state index is 0.0154. The number of carbonyl (C=O) groups excluding carboxylic acids is 1. The highest BCUT2D eigenvalue weighted by Crippen LogP contribution is 2.26. The fraction of sp³-hybridized carbons (Fsp3) is 0.130. The minimum atomic E-state index is -4.02. The Balaban J connectivity index is 1.41. The predicted molar refractivity (Wildman–Crippen MR) is 128 cm³/mol. The van der Waals surface area contributed by atoms with Gasteiger partial charge in [-0.25, -0.2) is 22.3 Å². The molecule has 174 valence electrons. The molecule has 2 N–H and O–H groups in total. The standard InChI is InChI=1S/C23H19FN4O4S2/c1-27-12-15-9-14-6-7-28(22(29)18(14)10-16(15)13-27)20-5-4-17(11-19(20)24)25-23(30)26-34(31,32)21-3-2-8-33-21/h2-11H,12-13H2,1H3,(H2,25,26,30). The van der Waals surface area contributed by atoms with Crippen LogP contribution in [0.4, 0.5) is 14.9 Å². The summed E-state index contributed by atoms with van der Waals surface area (Å²) in [6.45, 7) is 1.57. The normalized spacial score (nSPS) is 13.7. The Labute approximate surface area is 198 Å². The van der Waals surface area contributed by atoms with E-state index < -0.39 is 21.9 Å². The molecule has 2 amide bonds. The molecule has 0 saturated heterocycles. The Hall–Kier alpha value is -3.54. The number of aromatic nitrogens is 1. The fourth-order valence-electron chi connectivity index (χ4n) is 4.03. The molecule has 2 aromatic heterocycles. The molecule has 0 fully saturated rings. The topological polar surface area (TPSA) is 101 Å². The van der Waals surface area contributed by atoms with Crippen molar-refractivity contribution in [3.8, 4) is 5.69 Å². The second-order valence-electron chi connectivity index (χ2n) is 8.03. The maximum absolute atomic E-state index is 14.9. The number of rotatable bonds is 4. The molecule has 0 spiro atoms. The van der Waals surface area contributed by atoms with Crippen LogP contribution in [-0.2, 0) is 23.1 Å². The van der Waals surface area contributed by atoms with Gasteiger partial charge in [0, 0.05) is 30.4 Å². The number of pyridine rings is 1. The van der Waals surface area contributed by atoms with Crippen molar-refractivity contribution in [2.45, 2.75) is 17.3 Å². The molecule has 0 radical (unpaired) electrons. The van der Waals surface area contributed by atoms with Gasteiger partial charge in [0.15, 0.2) is 0 Å². The van der Waals surface area contributed by atoms with Crippen LogP contribution in [0.5, 0.6) is 0 Å². The number of fused-ring (bicyclic) bond motifs is 2. The number of amides is 2. The lowest BCUT2D eigenvalue weighted by Gasteiger charge is -2.12. The monoisotopic (exact) mass is 498 g/mol. The first-order valence-electron chi connectivity index (χ1n) is 10.2. The third-order valence-corrected chi connectivity index (χ3v) is 8.29. The molecule has 1 aliphatic heterocycles.